The van der Waals surface area contributed by atoms with Crippen LogP contribution in [0.4, 0.5) is 0 Å². The van der Waals surface area contributed by atoms with E-state index in [0.29, 0.717) is 43.3 Å². The van der Waals surface area contributed by atoms with Gasteiger partial charge in [-0.1, -0.05) is 60.1 Å². The van der Waals surface area contributed by atoms with Gasteiger partial charge in [0.15, 0.2) is 6.23 Å². The van der Waals surface area contributed by atoms with E-state index in [1.165, 1.54) is 5.57 Å². The molecule has 12 atom stereocenters. The second-order valence-corrected chi connectivity index (χ2v) is 17.7. The van der Waals surface area contributed by atoms with Gasteiger partial charge in [0.2, 0.25) is 5.91 Å². The Kier molecular flexibility index (Phi) is 7.70. The third-order valence-corrected chi connectivity index (χ3v) is 14.8. The third-order valence-electron chi connectivity index (χ3n) is 14.8. The van der Waals surface area contributed by atoms with Gasteiger partial charge in [0.25, 0.3) is 0 Å². The Hall–Kier alpha value is -1.65. The molecular weight excluding hydrogens is 574 g/mol. The number of hydrogen-bond acceptors (Lipinski definition) is 8. The monoisotopic (exact) mass is 629 g/mol. The number of ether oxygens (including phenoxy) is 1. The predicted molar refractivity (Wildman–Crippen MR) is 166 cm³/mol. The quantitative estimate of drug-likeness (QED) is 0.235. The molecule has 0 aromatic rings. The maximum absolute atomic E-state index is 14.8. The zero-order valence-corrected chi connectivity index (χ0v) is 28.2. The number of Topliss-reactive ketones (excluding diaryl/α,β-unsaturated/α-hetero) is 2. The highest BCUT2D eigenvalue weighted by Gasteiger charge is 2.71. The van der Waals surface area contributed by atoms with Crippen molar-refractivity contribution in [3.05, 3.63) is 11.6 Å². The van der Waals surface area contributed by atoms with Gasteiger partial charge in [-0.05, 0) is 73.0 Å². The van der Waals surface area contributed by atoms with Crippen LogP contribution in [0.3, 0.4) is 0 Å². The first-order valence-corrected chi connectivity index (χ1v) is 17.2. The summed E-state index contributed by atoms with van der Waals surface area (Å²) in [4.78, 5) is 42.3. The van der Waals surface area contributed by atoms with Crippen LogP contribution in [0.15, 0.2) is 11.6 Å². The fraction of sp³-hybridized carbons (Fsp3) is 0.861. The Bertz CT molecular complexity index is 1310. The number of ketones is 2. The van der Waals surface area contributed by atoms with Crippen molar-refractivity contribution in [3.8, 4) is 0 Å². The number of fused-ring (bicyclic) bond motifs is 7. The first-order valence-electron chi connectivity index (χ1n) is 17.2. The van der Waals surface area contributed by atoms with Gasteiger partial charge in [0.05, 0.1) is 6.61 Å². The smallest absolute Gasteiger partial charge is 0.236 e. The highest BCUT2D eigenvalue weighted by molar-refractivity contribution is 6.08. The molecule has 9 heteroatoms. The lowest BCUT2D eigenvalue weighted by atomic mass is 9.33. The molecule has 0 aromatic carbocycles. The summed E-state index contributed by atoms with van der Waals surface area (Å²) in [5.41, 5.74) is -1.26. The molecule has 1 heterocycles. The number of aliphatic hydroxyl groups excluding tert-OH is 4. The molecule has 5 unspecified atom stereocenters. The highest BCUT2D eigenvalue weighted by Crippen LogP contribution is 2.75. The van der Waals surface area contributed by atoms with Crippen LogP contribution >= 0.6 is 0 Å². The zero-order valence-electron chi connectivity index (χ0n) is 28.2. The minimum atomic E-state index is -1.63. The molecule has 5 fully saturated rings. The largest absolute Gasteiger partial charge is 0.394 e. The van der Waals surface area contributed by atoms with Gasteiger partial charge >= 0.3 is 0 Å². The lowest BCUT2D eigenvalue weighted by molar-refractivity contribution is -0.237. The summed E-state index contributed by atoms with van der Waals surface area (Å²) >= 11 is 0. The molecule has 1 saturated heterocycles. The fourth-order valence-corrected chi connectivity index (χ4v) is 11.8. The predicted octanol–water partition coefficient (Wildman–Crippen LogP) is 3.45. The molecule has 0 aromatic heterocycles. The normalized spacial score (nSPS) is 50.3. The molecule has 45 heavy (non-hydrogen) atoms. The summed E-state index contributed by atoms with van der Waals surface area (Å²) in [7, 11) is 0. The van der Waals surface area contributed by atoms with Crippen LogP contribution in [-0.4, -0.2) is 75.2 Å². The van der Waals surface area contributed by atoms with Crippen molar-refractivity contribution in [2.45, 2.75) is 137 Å². The molecule has 9 nitrogen and oxygen atoms in total. The average molecular weight is 630 g/mol. The molecule has 5 N–H and O–H groups in total. The molecule has 1 amide bonds. The molecule has 0 spiro atoms. The molecule has 4 saturated carbocycles. The van der Waals surface area contributed by atoms with Crippen molar-refractivity contribution in [2.24, 2.45) is 50.2 Å². The van der Waals surface area contributed by atoms with Gasteiger partial charge in [-0.25, -0.2) is 0 Å². The Balaban J connectivity index is 1.39. The van der Waals surface area contributed by atoms with Crippen molar-refractivity contribution >= 4 is 17.5 Å². The number of nitrogens with one attached hydrogen (secondary N) is 1. The number of hydrogen-bond donors (Lipinski definition) is 5. The number of aliphatic hydroxyl groups is 4. The van der Waals surface area contributed by atoms with Gasteiger partial charge in [0, 0.05) is 29.6 Å². The number of allylic oxidation sites excluding steroid dienone is 2. The minimum Gasteiger partial charge on any atom is -0.394 e. The molecule has 0 radical (unpaired) electrons. The molecule has 0 bridgehead atoms. The van der Waals surface area contributed by atoms with E-state index < -0.39 is 54.0 Å². The molecule has 1 aliphatic heterocycles. The number of amides is 1. The topological polar surface area (TPSA) is 153 Å². The van der Waals surface area contributed by atoms with Gasteiger partial charge < -0.3 is 30.5 Å². The van der Waals surface area contributed by atoms with Gasteiger partial charge in [-0.15, -0.1) is 0 Å². The van der Waals surface area contributed by atoms with Crippen molar-refractivity contribution in [1.29, 1.82) is 0 Å². The second-order valence-electron chi connectivity index (χ2n) is 17.7. The Morgan fingerprint density at radius 2 is 1.60 bits per heavy atom. The lowest BCUT2D eigenvalue weighted by Gasteiger charge is -2.70. The lowest BCUT2D eigenvalue weighted by Crippen LogP contribution is -2.69. The second kappa shape index (κ2) is 10.4. The van der Waals surface area contributed by atoms with Gasteiger partial charge in [0.1, 0.15) is 41.4 Å². The number of rotatable bonds is 3. The minimum absolute atomic E-state index is 0.0284. The first-order chi connectivity index (χ1) is 20.8. The van der Waals surface area contributed by atoms with Gasteiger partial charge in [-0.3, -0.25) is 14.4 Å². The highest BCUT2D eigenvalue weighted by atomic mass is 16.6. The van der Waals surface area contributed by atoms with E-state index in [9.17, 15) is 34.8 Å². The first kappa shape index (κ1) is 33.3. The van der Waals surface area contributed by atoms with Crippen molar-refractivity contribution in [3.63, 3.8) is 0 Å². The molecule has 6 aliphatic rings. The van der Waals surface area contributed by atoms with E-state index in [-0.39, 0.29) is 39.8 Å². The van der Waals surface area contributed by atoms with E-state index in [1.807, 2.05) is 0 Å². The van der Waals surface area contributed by atoms with Crippen LogP contribution in [-0.2, 0) is 19.1 Å². The Morgan fingerprint density at radius 3 is 2.27 bits per heavy atom. The average Bonchev–Trinajstić information content (AvgIpc) is 2.95. The standard InChI is InChI=1S/C36H55NO8/c1-31(2)14-15-36(30(44)37-29-28(43)27(42)26(41)21(18-38)45-29)20(16-31)19-8-9-23-33(5)12-11-24(39)32(3,4)22(33)10-13-34(23,6)35(19,7)17-25(36)40/h8,20-23,26-29,38,41-43H,9-18H2,1-7H3,(H,37,44)/t20?,21?,22?,23?,26-,27-,28?,29+,33+,34-,35-,36-/m1/s1. The Morgan fingerprint density at radius 1 is 0.911 bits per heavy atom. The zero-order chi connectivity index (χ0) is 33.1. The number of carbonyl (C=O) groups is 3. The van der Waals surface area contributed by atoms with Crippen molar-refractivity contribution in [1.82, 2.24) is 5.32 Å². The van der Waals surface area contributed by atoms with E-state index in [2.05, 4.69) is 59.9 Å². The maximum Gasteiger partial charge on any atom is 0.236 e. The van der Waals surface area contributed by atoms with Crippen LogP contribution in [0.5, 0.6) is 0 Å². The third kappa shape index (κ3) is 4.39. The summed E-state index contributed by atoms with van der Waals surface area (Å²) in [6.07, 6.45) is 1.19. The van der Waals surface area contributed by atoms with Crippen molar-refractivity contribution < 1.29 is 39.5 Å². The van der Waals surface area contributed by atoms with Gasteiger partial charge in [-0.2, -0.15) is 0 Å². The molecule has 6 rings (SSSR count). The van der Waals surface area contributed by atoms with Crippen LogP contribution in [0.1, 0.15) is 106 Å². The van der Waals surface area contributed by atoms with E-state index in [1.54, 1.807) is 0 Å². The molecule has 252 valence electrons. The molecular formula is C36H55NO8. The summed E-state index contributed by atoms with van der Waals surface area (Å²) in [6, 6.07) is 0. The SMILES string of the molecule is CC1(C)CC[C@]2(C(=O)N[C@H]3OC(CO)[C@@H](O)[C@@H](O)C3O)C(=O)C[C@]3(C)C(=CCC4[C@@]5(C)CCC(=O)C(C)(C)C5CC[C@]43C)C2C1. The fourth-order valence-electron chi connectivity index (χ4n) is 11.8. The summed E-state index contributed by atoms with van der Waals surface area (Å²) < 4.78 is 5.65. The van der Waals surface area contributed by atoms with Crippen LogP contribution in [0.2, 0.25) is 0 Å². The van der Waals surface area contributed by atoms with Crippen LogP contribution in [0, 0.1) is 50.2 Å². The summed E-state index contributed by atoms with van der Waals surface area (Å²) in [5.74, 6) is 0.0297. The van der Waals surface area contributed by atoms with E-state index in [4.69, 9.17) is 4.74 Å². The maximum atomic E-state index is 14.8. The summed E-state index contributed by atoms with van der Waals surface area (Å²) in [6.45, 7) is 15.1. The summed E-state index contributed by atoms with van der Waals surface area (Å²) in [5, 5.41) is 43.8. The van der Waals surface area contributed by atoms with E-state index in [0.717, 1.165) is 25.7 Å². The Labute approximate surface area is 267 Å². The van der Waals surface area contributed by atoms with E-state index >= 15 is 0 Å². The van der Waals surface area contributed by atoms with Crippen LogP contribution in [0.25, 0.3) is 0 Å². The number of carbonyl (C=O) groups excluding carboxylic acids is 3. The van der Waals surface area contributed by atoms with Crippen molar-refractivity contribution in [2.75, 3.05) is 6.61 Å². The van der Waals surface area contributed by atoms with Crippen LogP contribution < -0.4 is 5.32 Å². The molecule has 5 aliphatic carbocycles.